The monoisotopic (exact) mass is 301 g/mol. The first-order valence-electron chi connectivity index (χ1n) is 6.15. The fourth-order valence-electron chi connectivity index (χ4n) is 1.90. The highest BCUT2D eigenvalue weighted by Crippen LogP contribution is 2.33. The lowest BCUT2D eigenvalue weighted by Gasteiger charge is -2.25. The quantitative estimate of drug-likeness (QED) is 0.805. The van der Waals surface area contributed by atoms with Gasteiger partial charge in [-0.2, -0.15) is 0 Å². The minimum absolute atomic E-state index is 0.0309. The van der Waals surface area contributed by atoms with Crippen molar-refractivity contribution in [2.45, 2.75) is 39.6 Å². The molecule has 1 aromatic carbocycles. The smallest absolute Gasteiger partial charge is 0.235 e. The van der Waals surface area contributed by atoms with Crippen molar-refractivity contribution in [1.82, 2.24) is 0 Å². The van der Waals surface area contributed by atoms with Gasteiger partial charge in [0.1, 0.15) is 0 Å². The van der Waals surface area contributed by atoms with E-state index in [1.54, 1.807) is 18.2 Å². The Morgan fingerprint density at radius 1 is 1.21 bits per heavy atom. The van der Waals surface area contributed by atoms with Crippen LogP contribution in [0.3, 0.4) is 0 Å². The molecule has 2 rings (SSSR count). The predicted octanol–water partition coefficient (Wildman–Crippen LogP) is 4.51. The predicted molar refractivity (Wildman–Crippen MR) is 77.9 cm³/mol. The molecule has 0 N–H and O–H groups in total. The van der Waals surface area contributed by atoms with Crippen LogP contribution in [0.25, 0.3) is 0 Å². The Labute approximate surface area is 123 Å². The number of hydrogen-bond acceptors (Lipinski definition) is 3. The van der Waals surface area contributed by atoms with Gasteiger partial charge >= 0.3 is 0 Å². The van der Waals surface area contributed by atoms with E-state index in [9.17, 15) is 0 Å². The summed E-state index contributed by atoms with van der Waals surface area (Å²) in [4.78, 5) is 5.37. The van der Waals surface area contributed by atoms with Gasteiger partial charge in [-0.15, -0.1) is 0 Å². The minimum Gasteiger partial charge on any atom is -0.363 e. The topological polar surface area (TPSA) is 30.8 Å². The van der Waals surface area contributed by atoms with Crippen molar-refractivity contribution in [3.63, 3.8) is 0 Å². The van der Waals surface area contributed by atoms with E-state index in [-0.39, 0.29) is 11.5 Å². The van der Waals surface area contributed by atoms with Crippen LogP contribution in [0.4, 0.5) is 0 Å². The molecule has 19 heavy (non-hydrogen) atoms. The SMILES string of the molecule is C[C@@H]1C(c2c(Cl)cccc2Cl)=NO[C@H]1OC(C)(C)C. The van der Waals surface area contributed by atoms with E-state index < -0.39 is 6.29 Å². The van der Waals surface area contributed by atoms with Crippen molar-refractivity contribution in [2.24, 2.45) is 11.1 Å². The largest absolute Gasteiger partial charge is 0.363 e. The molecule has 1 heterocycles. The van der Waals surface area contributed by atoms with Gasteiger partial charge in [-0.1, -0.05) is 41.3 Å². The molecule has 0 aromatic heterocycles. The van der Waals surface area contributed by atoms with Crippen LogP contribution in [-0.2, 0) is 9.57 Å². The molecular formula is C14H17Cl2NO2. The van der Waals surface area contributed by atoms with Gasteiger partial charge in [0, 0.05) is 5.56 Å². The van der Waals surface area contributed by atoms with Gasteiger partial charge in [-0.3, -0.25) is 0 Å². The van der Waals surface area contributed by atoms with Crippen LogP contribution in [0.2, 0.25) is 10.0 Å². The Balaban J connectivity index is 2.25. The van der Waals surface area contributed by atoms with Crippen LogP contribution in [-0.4, -0.2) is 17.6 Å². The maximum absolute atomic E-state index is 6.19. The number of benzene rings is 1. The summed E-state index contributed by atoms with van der Waals surface area (Å²) in [5.74, 6) is -0.0309. The number of ether oxygens (including phenoxy) is 1. The van der Waals surface area contributed by atoms with Gasteiger partial charge in [0.05, 0.1) is 27.3 Å². The first kappa shape index (κ1) is 14.6. The van der Waals surface area contributed by atoms with E-state index in [1.807, 2.05) is 27.7 Å². The highest BCUT2D eigenvalue weighted by molar-refractivity contribution is 6.40. The molecule has 0 aliphatic carbocycles. The lowest BCUT2D eigenvalue weighted by atomic mass is 9.98. The zero-order valence-electron chi connectivity index (χ0n) is 11.4. The molecule has 0 spiro atoms. The van der Waals surface area contributed by atoms with E-state index in [1.165, 1.54) is 0 Å². The first-order chi connectivity index (χ1) is 8.79. The van der Waals surface area contributed by atoms with Crippen LogP contribution >= 0.6 is 23.2 Å². The van der Waals surface area contributed by atoms with Crippen molar-refractivity contribution in [1.29, 1.82) is 0 Å². The maximum Gasteiger partial charge on any atom is 0.235 e. The summed E-state index contributed by atoms with van der Waals surface area (Å²) in [6.07, 6.45) is -0.415. The Morgan fingerprint density at radius 2 is 1.79 bits per heavy atom. The Kier molecular flexibility index (Phi) is 4.09. The van der Waals surface area contributed by atoms with Gasteiger partial charge in [0.25, 0.3) is 0 Å². The van der Waals surface area contributed by atoms with Crippen LogP contribution in [0, 0.1) is 5.92 Å². The molecule has 1 aliphatic rings. The first-order valence-corrected chi connectivity index (χ1v) is 6.91. The molecular weight excluding hydrogens is 285 g/mol. The van der Waals surface area contributed by atoms with E-state index >= 15 is 0 Å². The molecule has 3 nitrogen and oxygen atoms in total. The second-order valence-corrected chi connectivity index (χ2v) is 6.38. The van der Waals surface area contributed by atoms with Gasteiger partial charge in [-0.25, -0.2) is 0 Å². The van der Waals surface area contributed by atoms with Crippen molar-refractivity contribution in [3.05, 3.63) is 33.8 Å². The Morgan fingerprint density at radius 3 is 2.32 bits per heavy atom. The van der Waals surface area contributed by atoms with Crippen LogP contribution in [0.1, 0.15) is 33.3 Å². The molecule has 0 radical (unpaired) electrons. The number of halogens is 2. The molecule has 1 aliphatic heterocycles. The standard InChI is InChI=1S/C14H17Cl2NO2/c1-8-12(11-9(15)6-5-7-10(11)16)17-19-13(8)18-14(2,3)4/h5-8,13H,1-4H3/t8-,13-/m1/s1. The molecule has 0 bridgehead atoms. The molecule has 0 fully saturated rings. The van der Waals surface area contributed by atoms with Crippen molar-refractivity contribution in [3.8, 4) is 0 Å². The van der Waals surface area contributed by atoms with Crippen LogP contribution in [0.5, 0.6) is 0 Å². The second-order valence-electron chi connectivity index (χ2n) is 5.57. The molecule has 1 aromatic rings. The fourth-order valence-corrected chi connectivity index (χ4v) is 2.49. The van der Waals surface area contributed by atoms with Crippen molar-refractivity contribution >= 4 is 28.9 Å². The van der Waals surface area contributed by atoms with E-state index in [0.29, 0.717) is 10.0 Å². The van der Waals surface area contributed by atoms with E-state index in [4.69, 9.17) is 32.8 Å². The van der Waals surface area contributed by atoms with Crippen LogP contribution < -0.4 is 0 Å². The highest BCUT2D eigenvalue weighted by Gasteiger charge is 2.36. The molecule has 5 heteroatoms. The third kappa shape index (κ3) is 3.22. The highest BCUT2D eigenvalue weighted by atomic mass is 35.5. The third-order valence-electron chi connectivity index (χ3n) is 2.78. The summed E-state index contributed by atoms with van der Waals surface area (Å²) in [7, 11) is 0. The summed E-state index contributed by atoms with van der Waals surface area (Å²) < 4.78 is 5.82. The average molecular weight is 302 g/mol. The Hall–Kier alpha value is -0.770. The third-order valence-corrected chi connectivity index (χ3v) is 3.41. The molecule has 0 saturated heterocycles. The van der Waals surface area contributed by atoms with Gasteiger partial charge in [0.15, 0.2) is 0 Å². The fraction of sp³-hybridized carbons (Fsp3) is 0.500. The second kappa shape index (κ2) is 5.31. The lowest BCUT2D eigenvalue weighted by Crippen LogP contribution is -2.32. The summed E-state index contributed by atoms with van der Waals surface area (Å²) >= 11 is 12.4. The molecule has 2 atom stereocenters. The number of hydrogen-bond donors (Lipinski definition) is 0. The Bertz CT molecular complexity index is 488. The minimum atomic E-state index is -0.415. The molecule has 0 amide bonds. The number of oxime groups is 1. The summed E-state index contributed by atoms with van der Waals surface area (Å²) in [5, 5.41) is 5.23. The molecule has 104 valence electrons. The summed E-state index contributed by atoms with van der Waals surface area (Å²) in [6.45, 7) is 7.92. The molecule has 0 saturated carbocycles. The zero-order chi connectivity index (χ0) is 14.2. The maximum atomic E-state index is 6.19. The van der Waals surface area contributed by atoms with Gasteiger partial charge < -0.3 is 9.57 Å². The zero-order valence-corrected chi connectivity index (χ0v) is 12.9. The average Bonchev–Trinajstić information content (AvgIpc) is 2.59. The van der Waals surface area contributed by atoms with E-state index in [0.717, 1.165) is 11.3 Å². The van der Waals surface area contributed by atoms with Crippen LogP contribution in [0.15, 0.2) is 23.4 Å². The molecule has 0 unspecified atom stereocenters. The lowest BCUT2D eigenvalue weighted by molar-refractivity contribution is -0.195. The normalized spacial score (nSPS) is 23.2. The van der Waals surface area contributed by atoms with Crippen molar-refractivity contribution < 1.29 is 9.57 Å². The number of nitrogens with zero attached hydrogens (tertiary/aromatic N) is 1. The van der Waals surface area contributed by atoms with Gasteiger partial charge in [-0.05, 0) is 32.9 Å². The number of rotatable bonds is 2. The summed E-state index contributed by atoms with van der Waals surface area (Å²) in [6, 6.07) is 5.38. The van der Waals surface area contributed by atoms with Gasteiger partial charge in [0.2, 0.25) is 6.29 Å². The van der Waals surface area contributed by atoms with Crippen molar-refractivity contribution in [2.75, 3.05) is 0 Å². The van der Waals surface area contributed by atoms with E-state index in [2.05, 4.69) is 5.16 Å². The summed E-state index contributed by atoms with van der Waals surface area (Å²) in [5.41, 5.74) is 1.15.